The average Bonchev–Trinajstić information content (AvgIpc) is 3.17. The molecule has 3 aromatic rings. The van der Waals surface area contributed by atoms with E-state index in [2.05, 4.69) is 25.3 Å². The van der Waals surface area contributed by atoms with Gasteiger partial charge in [0.05, 0.1) is 16.9 Å². The molecule has 0 bridgehead atoms. The number of halogens is 3. The molecular weight excluding hydrogens is 347 g/mol. The van der Waals surface area contributed by atoms with E-state index in [1.165, 1.54) is 6.07 Å². The molecule has 4 rings (SSSR count). The Morgan fingerprint density at radius 1 is 1.31 bits per heavy atom. The van der Waals surface area contributed by atoms with Crippen molar-refractivity contribution in [2.75, 3.05) is 5.32 Å². The van der Waals surface area contributed by atoms with E-state index in [0.717, 1.165) is 12.6 Å². The van der Waals surface area contributed by atoms with Gasteiger partial charge in [-0.15, -0.1) is 0 Å². The summed E-state index contributed by atoms with van der Waals surface area (Å²) >= 11 is 0. The molecule has 9 heteroatoms. The number of fused-ring (bicyclic) bond motifs is 1. The average molecular weight is 361 g/mol. The Morgan fingerprint density at radius 2 is 2.08 bits per heavy atom. The zero-order valence-electron chi connectivity index (χ0n) is 13.6. The smallest absolute Gasteiger partial charge is 0.353 e. The van der Waals surface area contributed by atoms with Crippen molar-refractivity contribution in [1.29, 1.82) is 0 Å². The lowest BCUT2D eigenvalue weighted by Gasteiger charge is -2.05. The highest BCUT2D eigenvalue weighted by molar-refractivity contribution is 5.95. The molecule has 0 spiro atoms. The third-order valence-corrected chi connectivity index (χ3v) is 4.39. The van der Waals surface area contributed by atoms with Gasteiger partial charge in [-0.2, -0.15) is 13.2 Å². The van der Waals surface area contributed by atoms with E-state index in [0.29, 0.717) is 28.3 Å². The number of nitrogens with one attached hydrogen (secondary N) is 2. The minimum atomic E-state index is -4.61. The quantitative estimate of drug-likeness (QED) is 0.746. The number of anilines is 1. The maximum atomic E-state index is 12.8. The van der Waals surface area contributed by atoms with Gasteiger partial charge in [-0.25, -0.2) is 15.0 Å². The number of nitrogens with zero attached hydrogens (tertiary/aromatic N) is 3. The van der Waals surface area contributed by atoms with Gasteiger partial charge in [0, 0.05) is 29.8 Å². The Bertz CT molecular complexity index is 997. The molecule has 2 atom stereocenters. The van der Waals surface area contributed by atoms with E-state index in [9.17, 15) is 18.0 Å². The highest BCUT2D eigenvalue weighted by atomic mass is 19.4. The lowest BCUT2D eigenvalue weighted by Crippen LogP contribution is -2.15. The number of aromatic nitrogens is 4. The van der Waals surface area contributed by atoms with Crippen LogP contribution in [-0.2, 0) is 11.0 Å². The summed E-state index contributed by atoms with van der Waals surface area (Å²) in [6.45, 7) is 2.01. The van der Waals surface area contributed by atoms with Gasteiger partial charge in [-0.05, 0) is 24.5 Å². The second-order valence-corrected chi connectivity index (χ2v) is 6.41. The van der Waals surface area contributed by atoms with E-state index in [1.807, 2.05) is 6.92 Å². The van der Waals surface area contributed by atoms with Crippen molar-refractivity contribution in [2.45, 2.75) is 19.5 Å². The third-order valence-electron chi connectivity index (χ3n) is 4.39. The summed E-state index contributed by atoms with van der Waals surface area (Å²) in [5, 5.41) is 3.46. The van der Waals surface area contributed by atoms with Crippen LogP contribution < -0.4 is 5.32 Å². The number of rotatable bonds is 3. The summed E-state index contributed by atoms with van der Waals surface area (Å²) in [5.41, 5.74) is 1.18. The Balaban J connectivity index is 1.63. The van der Waals surface area contributed by atoms with Crippen molar-refractivity contribution in [3.8, 4) is 11.4 Å². The monoisotopic (exact) mass is 361 g/mol. The number of carbonyl (C=O) groups is 1. The van der Waals surface area contributed by atoms with Crippen molar-refractivity contribution in [3.63, 3.8) is 0 Å². The van der Waals surface area contributed by atoms with E-state index in [-0.39, 0.29) is 17.5 Å². The minimum absolute atomic E-state index is 0.0218. The molecule has 26 heavy (non-hydrogen) atoms. The summed E-state index contributed by atoms with van der Waals surface area (Å²) in [5.74, 6) is -0.460. The molecule has 1 amide bonds. The fourth-order valence-corrected chi connectivity index (χ4v) is 2.78. The Kier molecular flexibility index (Phi) is 3.67. The summed E-state index contributed by atoms with van der Waals surface area (Å²) in [6.07, 6.45) is -1.12. The Hall–Kier alpha value is -2.97. The number of hydrogen-bond acceptors (Lipinski definition) is 4. The molecule has 0 aromatic carbocycles. The Morgan fingerprint density at radius 3 is 2.77 bits per heavy atom. The Labute approximate surface area is 145 Å². The topological polar surface area (TPSA) is 83.6 Å². The second kappa shape index (κ2) is 5.79. The number of alkyl halides is 3. The van der Waals surface area contributed by atoms with Crippen molar-refractivity contribution in [2.24, 2.45) is 11.8 Å². The van der Waals surface area contributed by atoms with Gasteiger partial charge < -0.3 is 10.3 Å². The van der Waals surface area contributed by atoms with E-state index >= 15 is 0 Å². The van der Waals surface area contributed by atoms with Gasteiger partial charge in [0.1, 0.15) is 5.82 Å². The summed E-state index contributed by atoms with van der Waals surface area (Å²) in [7, 11) is 0. The summed E-state index contributed by atoms with van der Waals surface area (Å²) < 4.78 is 38.3. The summed E-state index contributed by atoms with van der Waals surface area (Å²) in [4.78, 5) is 26.0. The first-order chi connectivity index (χ1) is 12.3. The highest BCUT2D eigenvalue weighted by Crippen LogP contribution is 2.38. The van der Waals surface area contributed by atoms with Gasteiger partial charge in [-0.3, -0.25) is 4.79 Å². The van der Waals surface area contributed by atoms with Crippen LogP contribution in [-0.4, -0.2) is 25.8 Å². The number of aromatic amines is 1. The fraction of sp³-hybridized carbons (Fsp3) is 0.294. The second-order valence-electron chi connectivity index (χ2n) is 6.41. The molecule has 134 valence electrons. The van der Waals surface area contributed by atoms with Gasteiger partial charge in [-0.1, -0.05) is 6.92 Å². The molecule has 1 aliphatic carbocycles. The van der Waals surface area contributed by atoms with E-state index < -0.39 is 12.0 Å². The van der Waals surface area contributed by atoms with Crippen LogP contribution in [0.4, 0.5) is 19.0 Å². The molecule has 1 fully saturated rings. The SMILES string of the molecule is CC1C[C@H]1C(=O)Nc1cc2[nH]c(-c3ccnc(C(F)(F)F)n3)cc2cn1. The lowest BCUT2D eigenvalue weighted by molar-refractivity contribution is -0.144. The molecule has 1 unspecified atom stereocenters. The molecule has 3 heterocycles. The van der Waals surface area contributed by atoms with Crippen LogP contribution in [0.5, 0.6) is 0 Å². The first-order valence-corrected chi connectivity index (χ1v) is 8.01. The van der Waals surface area contributed by atoms with Gasteiger partial charge in [0.2, 0.25) is 11.7 Å². The first-order valence-electron chi connectivity index (χ1n) is 8.01. The first kappa shape index (κ1) is 16.5. The third kappa shape index (κ3) is 3.12. The molecule has 0 aliphatic heterocycles. The van der Waals surface area contributed by atoms with Gasteiger partial charge >= 0.3 is 6.18 Å². The van der Waals surface area contributed by atoms with Crippen LogP contribution >= 0.6 is 0 Å². The predicted octanol–water partition coefficient (Wildman–Crippen LogP) is 3.63. The molecule has 0 radical (unpaired) electrons. The molecule has 6 nitrogen and oxygen atoms in total. The van der Waals surface area contributed by atoms with Crippen LogP contribution in [0, 0.1) is 11.8 Å². The van der Waals surface area contributed by atoms with Crippen LogP contribution in [0.15, 0.2) is 30.6 Å². The standard InChI is InChI=1S/C17H14F3N5O/c1-8-4-10(8)15(26)25-14-6-12-9(7-22-14)5-13(23-12)11-2-3-21-16(24-11)17(18,19)20/h2-3,5-8,10,23H,4H2,1H3,(H,22,25,26)/t8?,10-/m1/s1. The zero-order valence-corrected chi connectivity index (χ0v) is 13.6. The maximum Gasteiger partial charge on any atom is 0.451 e. The normalized spacial score (nSPS) is 19.5. The molecule has 3 aromatic heterocycles. The van der Waals surface area contributed by atoms with Crippen LogP contribution in [0.25, 0.3) is 22.3 Å². The molecule has 1 aliphatic rings. The minimum Gasteiger partial charge on any atom is -0.353 e. The van der Waals surface area contributed by atoms with Crippen LogP contribution in [0.3, 0.4) is 0 Å². The maximum absolute atomic E-state index is 12.8. The van der Waals surface area contributed by atoms with Crippen molar-refractivity contribution in [1.82, 2.24) is 19.9 Å². The van der Waals surface area contributed by atoms with Gasteiger partial charge in [0.25, 0.3) is 0 Å². The molecule has 2 N–H and O–H groups in total. The number of H-pyrrole nitrogens is 1. The lowest BCUT2D eigenvalue weighted by atomic mass is 10.2. The number of hydrogen-bond donors (Lipinski definition) is 2. The van der Waals surface area contributed by atoms with Crippen molar-refractivity contribution in [3.05, 3.63) is 36.4 Å². The predicted molar refractivity (Wildman–Crippen MR) is 88.0 cm³/mol. The van der Waals surface area contributed by atoms with E-state index in [1.54, 1.807) is 18.3 Å². The fourth-order valence-electron chi connectivity index (χ4n) is 2.78. The van der Waals surface area contributed by atoms with Crippen molar-refractivity contribution >= 4 is 22.6 Å². The number of amides is 1. The van der Waals surface area contributed by atoms with Crippen LogP contribution in [0.2, 0.25) is 0 Å². The van der Waals surface area contributed by atoms with Crippen LogP contribution in [0.1, 0.15) is 19.2 Å². The number of carbonyl (C=O) groups excluding carboxylic acids is 1. The van der Waals surface area contributed by atoms with Gasteiger partial charge in [0.15, 0.2) is 0 Å². The highest BCUT2D eigenvalue weighted by Gasteiger charge is 2.39. The molecular formula is C17H14F3N5O. The van der Waals surface area contributed by atoms with E-state index in [4.69, 9.17) is 0 Å². The number of pyridine rings is 1. The molecule has 1 saturated carbocycles. The van der Waals surface area contributed by atoms with Crippen molar-refractivity contribution < 1.29 is 18.0 Å². The molecule has 0 saturated heterocycles. The summed E-state index contributed by atoms with van der Waals surface area (Å²) in [6, 6.07) is 4.69. The largest absolute Gasteiger partial charge is 0.451 e. The zero-order chi connectivity index (χ0) is 18.5.